The zero-order valence-corrected chi connectivity index (χ0v) is 21.5. The van der Waals surface area contributed by atoms with E-state index < -0.39 is 50.9 Å². The molecule has 192 valence electrons. The van der Waals surface area contributed by atoms with Crippen LogP contribution in [0.4, 0.5) is 0 Å². The molecule has 1 aromatic heterocycles. The second-order valence-corrected chi connectivity index (χ2v) is 12.1. The molecule has 0 spiro atoms. The lowest BCUT2D eigenvalue weighted by molar-refractivity contribution is -0.303. The number of amides is 3. The Hall–Kier alpha value is -2.74. The highest BCUT2D eigenvalue weighted by atomic mass is 32.3. The van der Waals surface area contributed by atoms with Crippen molar-refractivity contribution in [2.75, 3.05) is 18.6 Å². The second-order valence-electron chi connectivity index (χ2n) is 7.26. The largest absolute Gasteiger partial charge is 0.545 e. The molecule has 3 amide bonds. The number of carbonyl (C=O) groups excluding carboxylic acids is 5. The van der Waals surface area contributed by atoms with Crippen LogP contribution in [-0.4, -0.2) is 89.1 Å². The van der Waals surface area contributed by atoms with Crippen LogP contribution in [0.3, 0.4) is 0 Å². The number of rotatable bonds is 9. The molecule has 0 bridgehead atoms. The molecule has 15 nitrogen and oxygen atoms in total. The number of aliphatic carboxylic acids is 2. The molecule has 1 unspecified atom stereocenters. The van der Waals surface area contributed by atoms with Gasteiger partial charge in [0, 0.05) is 25.7 Å². The van der Waals surface area contributed by atoms with Crippen LogP contribution in [0.5, 0.6) is 0 Å². The quantitative estimate of drug-likeness (QED) is 0.0715. The Morgan fingerprint density at radius 1 is 1.31 bits per heavy atom. The number of nitrogens with zero attached hydrogens (tertiary/aromatic N) is 5. The third-order valence-corrected chi connectivity index (χ3v) is 10.5. The Bertz CT molecular complexity index is 1230. The minimum atomic E-state index is -1.85. The third-order valence-electron chi connectivity index (χ3n) is 5.19. The number of ether oxygens (including phenoxy) is 1. The second kappa shape index (κ2) is 9.96. The average molecular weight is 574 g/mol. The van der Waals surface area contributed by atoms with Crippen LogP contribution in [-0.2, 0) is 35.8 Å². The number of thioether (sulfide) groups is 4. The minimum absolute atomic E-state index is 0.00476. The molecule has 3 N–H and O–H groups in total. The first-order chi connectivity index (χ1) is 17.0. The summed E-state index contributed by atoms with van der Waals surface area (Å²) in [7, 11) is 2.82. The number of aromatic nitrogens is 4. The van der Waals surface area contributed by atoms with E-state index in [0.717, 1.165) is 28.4 Å². The third kappa shape index (κ3) is 4.33. The van der Waals surface area contributed by atoms with E-state index in [1.807, 2.05) is 0 Å². The lowest BCUT2D eigenvalue weighted by atomic mass is 9.98. The highest BCUT2D eigenvalue weighted by Gasteiger charge is 2.66. The number of hydrogen-bond donors (Lipinski definition) is 2. The summed E-state index contributed by atoms with van der Waals surface area (Å²) in [6, 6.07) is 0. The van der Waals surface area contributed by atoms with E-state index >= 15 is 0 Å². The summed E-state index contributed by atoms with van der Waals surface area (Å²) in [5, 5.41) is 36.1. The topological polar surface area (TPSA) is 226 Å². The van der Waals surface area contributed by atoms with E-state index in [2.05, 4.69) is 20.8 Å². The fraction of sp³-hybridized carbons (Fsp3) is 0.412. The van der Waals surface area contributed by atoms with Gasteiger partial charge < -0.3 is 35.6 Å². The predicted molar refractivity (Wildman–Crippen MR) is 123 cm³/mol. The van der Waals surface area contributed by atoms with Crippen molar-refractivity contribution in [3.05, 3.63) is 21.1 Å². The maximum atomic E-state index is 13.1. The van der Waals surface area contributed by atoms with Crippen molar-refractivity contribution in [3.8, 4) is 0 Å². The van der Waals surface area contributed by atoms with Crippen molar-refractivity contribution in [2.24, 2.45) is 12.8 Å². The molecule has 36 heavy (non-hydrogen) atoms. The highest BCUT2D eigenvalue weighted by molar-refractivity contribution is 8.39. The van der Waals surface area contributed by atoms with Crippen molar-refractivity contribution in [2.45, 2.75) is 20.8 Å². The summed E-state index contributed by atoms with van der Waals surface area (Å²) < 4.78 is 5.89. The van der Waals surface area contributed by atoms with Crippen LogP contribution in [0.2, 0.25) is 0 Å². The summed E-state index contributed by atoms with van der Waals surface area (Å²) in [6.45, 7) is 0. The number of carbonyl (C=O) groups is 5. The molecular weight excluding hydrogens is 558 g/mol. The maximum absolute atomic E-state index is 13.1. The summed E-state index contributed by atoms with van der Waals surface area (Å²) in [6.07, 6.45) is 0. The van der Waals surface area contributed by atoms with Crippen LogP contribution in [0.15, 0.2) is 26.2 Å². The summed E-state index contributed by atoms with van der Waals surface area (Å²) in [4.78, 5) is 61.3. The smallest absolute Gasteiger partial charge is 0.284 e. The number of methoxy groups -OCH3 is 1. The van der Waals surface area contributed by atoms with Gasteiger partial charge in [-0.3, -0.25) is 19.3 Å². The first-order valence-corrected chi connectivity index (χ1v) is 13.5. The lowest BCUT2D eigenvalue weighted by Gasteiger charge is -2.57. The number of carboxylic acids is 2. The minimum Gasteiger partial charge on any atom is -0.545 e. The molecule has 0 aliphatic carbocycles. The average Bonchev–Trinajstić information content (AvgIpc) is 3.20. The Morgan fingerprint density at radius 3 is 2.53 bits per heavy atom. The van der Waals surface area contributed by atoms with Gasteiger partial charge in [0.2, 0.25) is 11.1 Å². The fourth-order valence-electron chi connectivity index (χ4n) is 3.49. The lowest BCUT2D eigenvalue weighted by Crippen LogP contribution is -2.81. The summed E-state index contributed by atoms with van der Waals surface area (Å²) >= 11 is 3.89. The first-order valence-electron chi connectivity index (χ1n) is 9.71. The molecule has 19 heteroatoms. The summed E-state index contributed by atoms with van der Waals surface area (Å²) in [5.74, 6) is -5.65. The van der Waals surface area contributed by atoms with Gasteiger partial charge in [-0.1, -0.05) is 35.3 Å². The SMILES string of the molecule is CO[C@@]1(NC(=O)C2SC(=C(C(N)=O)C(=O)[O-])S2)C(=O)N2C(C(=O)[O-])=C(CSc3nnnn3C)CSC21. The Kier molecular flexibility index (Phi) is 7.28. The maximum Gasteiger partial charge on any atom is 0.284 e. The molecule has 1 aromatic rings. The molecule has 0 saturated carbocycles. The monoisotopic (exact) mass is 573 g/mol. The van der Waals surface area contributed by atoms with Gasteiger partial charge in [-0.25, -0.2) is 4.68 Å². The number of aryl methyl sites for hydroxylation is 1. The molecule has 0 aromatic carbocycles. The summed E-state index contributed by atoms with van der Waals surface area (Å²) in [5.41, 5.74) is 2.54. The van der Waals surface area contributed by atoms with Crippen LogP contribution in [0.1, 0.15) is 0 Å². The van der Waals surface area contributed by atoms with Gasteiger partial charge in [0.1, 0.15) is 9.96 Å². The number of nitrogens with two attached hydrogens (primary N) is 1. The van der Waals surface area contributed by atoms with Crippen molar-refractivity contribution < 1.29 is 38.9 Å². The van der Waals surface area contributed by atoms with Gasteiger partial charge in [-0.15, -0.1) is 16.9 Å². The molecule has 4 heterocycles. The van der Waals surface area contributed by atoms with Gasteiger partial charge in [0.25, 0.3) is 17.5 Å². The predicted octanol–water partition coefficient (Wildman–Crippen LogP) is -4.07. The molecule has 3 aliphatic heterocycles. The molecule has 2 saturated heterocycles. The van der Waals surface area contributed by atoms with E-state index in [1.54, 1.807) is 7.05 Å². The van der Waals surface area contributed by atoms with Crippen molar-refractivity contribution >= 4 is 76.7 Å². The number of β-lactam (4-membered cyclic amide) rings is 1. The van der Waals surface area contributed by atoms with Gasteiger partial charge in [0.15, 0.2) is 0 Å². The number of fused-ring (bicyclic) bond motifs is 1. The van der Waals surface area contributed by atoms with E-state index in [-0.39, 0.29) is 21.4 Å². The van der Waals surface area contributed by atoms with Gasteiger partial charge in [0.05, 0.1) is 27.4 Å². The number of carboxylic acid groups (broad SMARTS) is 2. The molecule has 2 atom stereocenters. The molecule has 4 rings (SSSR count). The number of tetrazole rings is 1. The number of nitrogens with one attached hydrogen (secondary N) is 1. The molecular formula is C17H15N7O8S4-2. The molecule has 0 radical (unpaired) electrons. The molecule has 3 aliphatic rings. The highest BCUT2D eigenvalue weighted by Crippen LogP contribution is 2.53. The Balaban J connectivity index is 1.49. The van der Waals surface area contributed by atoms with Crippen LogP contribution >= 0.6 is 47.0 Å². The van der Waals surface area contributed by atoms with Gasteiger partial charge in [-0.05, 0) is 16.0 Å². The standard InChI is InChI=1S/C17H17N7O8S4/c1-23-16(20-21-22-23)34-4-5-3-33-15-17(32-2,14(31)24(15)7(5)11(29)30)19-9(26)13-35-12(36-13)6(8(18)25)10(27)28/h13,15H,3-4H2,1-2H3,(H2,18,25)(H,19,26)(H,27,28)(H,29,30)/p-2/t13?,15?,17-/m0/s1. The fourth-order valence-corrected chi connectivity index (χ4v) is 8.13. The normalized spacial score (nSPS) is 25.0. The Morgan fingerprint density at radius 2 is 2.00 bits per heavy atom. The van der Waals surface area contributed by atoms with E-state index in [0.29, 0.717) is 10.7 Å². The first kappa shape index (κ1) is 26.3. The van der Waals surface area contributed by atoms with Crippen LogP contribution in [0, 0.1) is 0 Å². The molecule has 2 fully saturated rings. The zero-order valence-electron chi connectivity index (χ0n) is 18.3. The van der Waals surface area contributed by atoms with Crippen LogP contribution < -0.4 is 21.3 Å². The van der Waals surface area contributed by atoms with Gasteiger partial charge >= 0.3 is 0 Å². The van der Waals surface area contributed by atoms with Gasteiger partial charge in [-0.2, -0.15) is 0 Å². The van der Waals surface area contributed by atoms with E-state index in [4.69, 9.17) is 10.5 Å². The number of hydrogen-bond acceptors (Lipinski definition) is 15. The number of primary amides is 1. The van der Waals surface area contributed by atoms with Crippen molar-refractivity contribution in [1.29, 1.82) is 0 Å². The van der Waals surface area contributed by atoms with Crippen molar-refractivity contribution in [3.63, 3.8) is 0 Å². The zero-order chi connectivity index (χ0) is 26.4. The Labute approximate surface area is 219 Å². The van der Waals surface area contributed by atoms with Crippen molar-refractivity contribution in [1.82, 2.24) is 30.4 Å². The van der Waals surface area contributed by atoms with E-state index in [1.165, 1.54) is 35.3 Å². The van der Waals surface area contributed by atoms with Crippen LogP contribution in [0.25, 0.3) is 0 Å². The van der Waals surface area contributed by atoms with E-state index in [9.17, 15) is 34.2 Å².